The van der Waals surface area contributed by atoms with Crippen LogP contribution in [0, 0.1) is 0 Å². The van der Waals surface area contributed by atoms with Gasteiger partial charge in [-0.3, -0.25) is 0 Å². The first-order valence-electron chi connectivity index (χ1n) is 9.13. The number of alkyl halides is 3. The summed E-state index contributed by atoms with van der Waals surface area (Å²) in [4.78, 5) is 16.7. The lowest BCUT2D eigenvalue weighted by Crippen LogP contribution is -2.06. The van der Waals surface area contributed by atoms with Gasteiger partial charge < -0.3 is 14.3 Å². The van der Waals surface area contributed by atoms with Gasteiger partial charge in [-0.15, -0.1) is 0 Å². The van der Waals surface area contributed by atoms with E-state index in [0.717, 1.165) is 29.8 Å². The normalized spacial score (nSPS) is 11.4. The zero-order chi connectivity index (χ0) is 22.3. The number of hydrogen-bond donors (Lipinski definition) is 0. The van der Waals surface area contributed by atoms with Crippen molar-refractivity contribution in [2.24, 2.45) is 5.16 Å². The van der Waals surface area contributed by atoms with Crippen LogP contribution in [0.4, 0.5) is 13.2 Å². The molecule has 0 fully saturated rings. The summed E-state index contributed by atoms with van der Waals surface area (Å²) in [6, 6.07) is 18.3. The van der Waals surface area contributed by atoms with Gasteiger partial charge >= 0.3 is 12.1 Å². The first-order valence-corrected chi connectivity index (χ1v) is 9.13. The fourth-order valence-corrected chi connectivity index (χ4v) is 2.60. The number of halogens is 3. The highest BCUT2D eigenvalue weighted by molar-refractivity contribution is 5.90. The quantitative estimate of drug-likeness (QED) is 0.283. The SMILES string of the molecule is COc1cc(C=NOC(=O)c2ccc(C(F)(F)F)cc2)ccc1OCc1ccccc1. The molecule has 8 heteroatoms. The second-order valence-electron chi connectivity index (χ2n) is 6.37. The lowest BCUT2D eigenvalue weighted by atomic mass is 10.1. The Morgan fingerprint density at radius 1 is 0.968 bits per heavy atom. The first-order chi connectivity index (χ1) is 14.9. The van der Waals surface area contributed by atoms with Crippen LogP contribution in [0.5, 0.6) is 11.5 Å². The number of benzene rings is 3. The van der Waals surface area contributed by atoms with Gasteiger partial charge in [0.15, 0.2) is 11.5 Å². The molecule has 0 amide bonds. The third-order valence-electron chi connectivity index (χ3n) is 4.21. The molecule has 0 atom stereocenters. The highest BCUT2D eigenvalue weighted by atomic mass is 19.4. The molecule has 0 saturated heterocycles. The Hall–Kier alpha value is -3.81. The summed E-state index contributed by atoms with van der Waals surface area (Å²) in [6.45, 7) is 0.370. The number of hydrogen-bond acceptors (Lipinski definition) is 5. The Morgan fingerprint density at radius 2 is 1.68 bits per heavy atom. The molecular weight excluding hydrogens is 411 g/mol. The molecular formula is C23H18F3NO4. The van der Waals surface area contributed by atoms with Gasteiger partial charge in [-0.25, -0.2) is 4.79 Å². The van der Waals surface area contributed by atoms with Crippen molar-refractivity contribution < 1.29 is 32.3 Å². The average Bonchev–Trinajstić information content (AvgIpc) is 2.78. The highest BCUT2D eigenvalue weighted by Gasteiger charge is 2.30. The summed E-state index contributed by atoms with van der Waals surface area (Å²) in [7, 11) is 1.50. The molecule has 0 radical (unpaired) electrons. The lowest BCUT2D eigenvalue weighted by molar-refractivity contribution is -0.137. The number of nitrogens with zero attached hydrogens (tertiary/aromatic N) is 1. The van der Waals surface area contributed by atoms with Gasteiger partial charge in [0, 0.05) is 5.56 Å². The molecule has 0 bridgehead atoms. The minimum atomic E-state index is -4.48. The van der Waals surface area contributed by atoms with E-state index in [1.165, 1.54) is 13.3 Å². The third kappa shape index (κ3) is 6.08. The summed E-state index contributed by atoms with van der Waals surface area (Å²) in [5, 5.41) is 3.59. The van der Waals surface area contributed by atoms with Crippen molar-refractivity contribution in [2.45, 2.75) is 12.8 Å². The predicted octanol–water partition coefficient (Wildman–Crippen LogP) is 5.48. The van der Waals surface area contributed by atoms with Crippen LogP contribution in [-0.2, 0) is 17.6 Å². The van der Waals surface area contributed by atoms with E-state index in [1.807, 2.05) is 30.3 Å². The molecule has 3 aromatic carbocycles. The minimum absolute atomic E-state index is 0.0487. The van der Waals surface area contributed by atoms with E-state index < -0.39 is 17.7 Å². The topological polar surface area (TPSA) is 57.1 Å². The van der Waals surface area contributed by atoms with Gasteiger partial charge in [-0.05, 0) is 48.0 Å². The molecule has 0 aliphatic carbocycles. The molecule has 0 spiro atoms. The van der Waals surface area contributed by atoms with Gasteiger partial charge in [0.2, 0.25) is 0 Å². The molecule has 3 aromatic rings. The van der Waals surface area contributed by atoms with Gasteiger partial charge in [0.1, 0.15) is 6.61 Å². The molecule has 0 aromatic heterocycles. The largest absolute Gasteiger partial charge is 0.493 e. The van der Waals surface area contributed by atoms with E-state index in [2.05, 4.69) is 5.16 Å². The smallest absolute Gasteiger partial charge is 0.416 e. The van der Waals surface area contributed by atoms with Gasteiger partial charge in [-0.1, -0.05) is 35.5 Å². The molecule has 31 heavy (non-hydrogen) atoms. The van der Waals surface area contributed by atoms with Crippen LogP contribution in [0.1, 0.15) is 27.0 Å². The van der Waals surface area contributed by atoms with Crippen molar-refractivity contribution in [3.05, 3.63) is 95.1 Å². The zero-order valence-corrected chi connectivity index (χ0v) is 16.4. The second-order valence-corrected chi connectivity index (χ2v) is 6.37. The van der Waals surface area contributed by atoms with Gasteiger partial charge in [0.25, 0.3) is 0 Å². The number of carbonyl (C=O) groups excluding carboxylic acids is 1. The summed E-state index contributed by atoms with van der Waals surface area (Å²) >= 11 is 0. The minimum Gasteiger partial charge on any atom is -0.493 e. The standard InChI is InChI=1S/C23H18F3NO4/c1-29-21-13-17(7-12-20(21)30-15-16-5-3-2-4-6-16)14-27-31-22(28)18-8-10-19(11-9-18)23(24,25)26/h2-14H,15H2,1H3. The highest BCUT2D eigenvalue weighted by Crippen LogP contribution is 2.29. The van der Waals surface area contributed by atoms with Gasteiger partial charge in [-0.2, -0.15) is 13.2 Å². The Morgan fingerprint density at radius 3 is 2.32 bits per heavy atom. The first kappa shape index (κ1) is 21.9. The monoisotopic (exact) mass is 429 g/mol. The molecule has 0 saturated carbocycles. The van der Waals surface area contributed by atoms with Crippen LogP contribution >= 0.6 is 0 Å². The van der Waals surface area contributed by atoms with E-state index in [-0.39, 0.29) is 5.56 Å². The fraction of sp³-hybridized carbons (Fsp3) is 0.130. The average molecular weight is 429 g/mol. The van der Waals surface area contributed by atoms with Crippen molar-refractivity contribution in [3.8, 4) is 11.5 Å². The number of carbonyl (C=O) groups is 1. The predicted molar refractivity (Wildman–Crippen MR) is 108 cm³/mol. The zero-order valence-electron chi connectivity index (χ0n) is 16.4. The van der Waals surface area contributed by atoms with Crippen molar-refractivity contribution in [2.75, 3.05) is 7.11 Å². The van der Waals surface area contributed by atoms with E-state index in [0.29, 0.717) is 23.7 Å². The van der Waals surface area contributed by atoms with E-state index in [4.69, 9.17) is 14.3 Å². The maximum atomic E-state index is 12.6. The molecule has 5 nitrogen and oxygen atoms in total. The van der Waals surface area contributed by atoms with E-state index >= 15 is 0 Å². The maximum Gasteiger partial charge on any atom is 0.416 e. The third-order valence-corrected chi connectivity index (χ3v) is 4.21. The Labute approximate surface area is 176 Å². The van der Waals surface area contributed by atoms with E-state index in [9.17, 15) is 18.0 Å². The van der Waals surface area contributed by atoms with Crippen molar-refractivity contribution in [1.82, 2.24) is 0 Å². The molecule has 3 rings (SSSR count). The Balaban J connectivity index is 1.60. The molecule has 0 heterocycles. The number of ether oxygens (including phenoxy) is 2. The van der Waals surface area contributed by atoms with Crippen LogP contribution < -0.4 is 9.47 Å². The fourth-order valence-electron chi connectivity index (χ4n) is 2.60. The van der Waals surface area contributed by atoms with Gasteiger partial charge in [0.05, 0.1) is 24.5 Å². The van der Waals surface area contributed by atoms with Crippen molar-refractivity contribution in [3.63, 3.8) is 0 Å². The molecule has 0 N–H and O–H groups in total. The van der Waals surface area contributed by atoms with Crippen LogP contribution in [0.2, 0.25) is 0 Å². The molecule has 0 aliphatic heterocycles. The van der Waals surface area contributed by atoms with Crippen LogP contribution in [-0.4, -0.2) is 19.3 Å². The molecule has 0 unspecified atom stereocenters. The number of methoxy groups -OCH3 is 1. The summed E-state index contributed by atoms with van der Waals surface area (Å²) < 4.78 is 48.8. The molecule has 0 aliphatic rings. The van der Waals surface area contributed by atoms with Crippen LogP contribution in [0.3, 0.4) is 0 Å². The van der Waals surface area contributed by atoms with E-state index in [1.54, 1.807) is 18.2 Å². The Kier molecular flexibility index (Phi) is 6.92. The Bertz CT molecular complexity index is 1050. The number of rotatable bonds is 7. The summed E-state index contributed by atoms with van der Waals surface area (Å²) in [5.74, 6) is 0.124. The van der Waals surface area contributed by atoms with Crippen molar-refractivity contribution in [1.29, 1.82) is 0 Å². The number of oxime groups is 1. The second kappa shape index (κ2) is 9.80. The summed E-state index contributed by atoms with van der Waals surface area (Å²) in [5.41, 5.74) is 0.677. The van der Waals surface area contributed by atoms with Crippen LogP contribution in [0.25, 0.3) is 0 Å². The van der Waals surface area contributed by atoms with Crippen LogP contribution in [0.15, 0.2) is 78.0 Å². The lowest BCUT2D eigenvalue weighted by Gasteiger charge is -2.11. The summed E-state index contributed by atoms with van der Waals surface area (Å²) in [6.07, 6.45) is -3.19. The molecule has 160 valence electrons. The van der Waals surface area contributed by atoms with Crippen molar-refractivity contribution >= 4 is 12.2 Å². The maximum absolute atomic E-state index is 12.6.